The monoisotopic (exact) mass is 402 g/mol. The highest BCUT2D eigenvalue weighted by Gasteiger charge is 2.24. The van der Waals surface area contributed by atoms with Crippen molar-refractivity contribution in [1.29, 1.82) is 0 Å². The minimum atomic E-state index is 0.00277. The van der Waals surface area contributed by atoms with Gasteiger partial charge in [-0.25, -0.2) is 14.2 Å². The fourth-order valence-electron chi connectivity index (χ4n) is 3.96. The molecule has 0 amide bonds. The Hall–Kier alpha value is -2.16. The Kier molecular flexibility index (Phi) is 4.70. The SMILES string of the molecule is C[C@@H]1COCCN1c1cc(Cl)nn2c(-c3ccn(C4CCCCO4)n3)cnc12. The molecule has 3 aromatic heterocycles. The Morgan fingerprint density at radius 1 is 1.21 bits per heavy atom. The van der Waals surface area contributed by atoms with Crippen LogP contribution < -0.4 is 4.90 Å². The lowest BCUT2D eigenvalue weighted by atomic mass is 10.2. The molecule has 2 aliphatic heterocycles. The first-order valence-electron chi connectivity index (χ1n) is 9.76. The zero-order chi connectivity index (χ0) is 19.1. The Morgan fingerprint density at radius 2 is 2.14 bits per heavy atom. The number of nitrogens with zero attached hydrogens (tertiary/aromatic N) is 6. The Labute approximate surface area is 168 Å². The molecule has 0 N–H and O–H groups in total. The van der Waals surface area contributed by atoms with E-state index in [4.69, 9.17) is 26.2 Å². The van der Waals surface area contributed by atoms with Gasteiger partial charge in [-0.3, -0.25) is 0 Å². The summed E-state index contributed by atoms with van der Waals surface area (Å²) in [7, 11) is 0. The molecule has 2 saturated heterocycles. The Morgan fingerprint density at radius 3 is 2.96 bits per heavy atom. The number of aromatic nitrogens is 5. The predicted molar refractivity (Wildman–Crippen MR) is 106 cm³/mol. The van der Waals surface area contributed by atoms with Crippen LogP contribution in [-0.4, -0.2) is 56.8 Å². The van der Waals surface area contributed by atoms with E-state index in [0.29, 0.717) is 18.4 Å². The van der Waals surface area contributed by atoms with Gasteiger partial charge in [-0.15, -0.1) is 0 Å². The molecule has 0 bridgehead atoms. The topological polar surface area (TPSA) is 69.7 Å². The first-order chi connectivity index (χ1) is 13.7. The first-order valence-corrected chi connectivity index (χ1v) is 10.1. The summed E-state index contributed by atoms with van der Waals surface area (Å²) in [4.78, 5) is 6.92. The van der Waals surface area contributed by atoms with Crippen LogP contribution in [0.3, 0.4) is 0 Å². The smallest absolute Gasteiger partial charge is 0.178 e. The fraction of sp³-hybridized carbons (Fsp3) is 0.526. The maximum absolute atomic E-state index is 6.37. The van der Waals surface area contributed by atoms with Crippen LogP contribution in [0.4, 0.5) is 5.69 Å². The second kappa shape index (κ2) is 7.35. The fourth-order valence-corrected chi connectivity index (χ4v) is 4.14. The van der Waals surface area contributed by atoms with Crippen molar-refractivity contribution in [2.75, 3.05) is 31.3 Å². The summed E-state index contributed by atoms with van der Waals surface area (Å²) in [6.45, 7) is 5.10. The molecule has 5 heterocycles. The maximum Gasteiger partial charge on any atom is 0.178 e. The van der Waals surface area contributed by atoms with Gasteiger partial charge >= 0.3 is 0 Å². The second-order valence-corrected chi connectivity index (χ2v) is 7.74. The van der Waals surface area contributed by atoms with E-state index in [1.165, 1.54) is 0 Å². The first kappa shape index (κ1) is 17.9. The quantitative estimate of drug-likeness (QED) is 0.670. The molecule has 2 atom stereocenters. The lowest BCUT2D eigenvalue weighted by Gasteiger charge is -2.35. The molecule has 8 nitrogen and oxygen atoms in total. The normalized spacial score (nSPS) is 23.4. The molecule has 0 radical (unpaired) electrons. The van der Waals surface area contributed by atoms with Crippen LogP contribution in [0.5, 0.6) is 0 Å². The highest BCUT2D eigenvalue weighted by Crippen LogP contribution is 2.30. The van der Waals surface area contributed by atoms with Crippen LogP contribution >= 0.6 is 11.6 Å². The summed E-state index contributed by atoms with van der Waals surface area (Å²) >= 11 is 6.37. The van der Waals surface area contributed by atoms with Crippen molar-refractivity contribution in [3.63, 3.8) is 0 Å². The predicted octanol–water partition coefficient (Wildman–Crippen LogP) is 3.17. The summed E-state index contributed by atoms with van der Waals surface area (Å²) < 4.78 is 15.1. The lowest BCUT2D eigenvalue weighted by molar-refractivity contribution is -0.0393. The van der Waals surface area contributed by atoms with E-state index in [1.54, 1.807) is 4.52 Å². The van der Waals surface area contributed by atoms with Gasteiger partial charge in [0.05, 0.1) is 25.1 Å². The molecule has 148 valence electrons. The van der Waals surface area contributed by atoms with Crippen molar-refractivity contribution in [3.8, 4) is 11.4 Å². The number of imidazole rings is 1. The molecule has 9 heteroatoms. The van der Waals surface area contributed by atoms with Crippen LogP contribution in [0.1, 0.15) is 32.4 Å². The molecule has 5 rings (SSSR count). The molecule has 1 unspecified atom stereocenters. The van der Waals surface area contributed by atoms with Gasteiger partial charge < -0.3 is 14.4 Å². The number of anilines is 1. The molecule has 0 saturated carbocycles. The van der Waals surface area contributed by atoms with E-state index < -0.39 is 0 Å². The number of hydrogen-bond acceptors (Lipinski definition) is 6. The molecular formula is C19H23ClN6O2. The molecule has 2 aliphatic rings. The number of fused-ring (bicyclic) bond motifs is 1. The summed E-state index contributed by atoms with van der Waals surface area (Å²) in [5.41, 5.74) is 3.36. The van der Waals surface area contributed by atoms with Crippen LogP contribution in [0.2, 0.25) is 5.15 Å². The van der Waals surface area contributed by atoms with Gasteiger partial charge in [-0.1, -0.05) is 11.6 Å². The van der Waals surface area contributed by atoms with E-state index in [-0.39, 0.29) is 12.3 Å². The molecule has 0 aliphatic carbocycles. The van der Waals surface area contributed by atoms with Crippen molar-refractivity contribution in [3.05, 3.63) is 29.7 Å². The van der Waals surface area contributed by atoms with E-state index in [9.17, 15) is 0 Å². The van der Waals surface area contributed by atoms with Crippen molar-refractivity contribution in [1.82, 2.24) is 24.4 Å². The number of rotatable bonds is 3. The number of morpholine rings is 1. The van der Waals surface area contributed by atoms with Gasteiger partial charge in [-0.05, 0) is 32.3 Å². The molecule has 3 aromatic rings. The van der Waals surface area contributed by atoms with Gasteiger partial charge in [0.15, 0.2) is 10.8 Å². The molecule has 0 spiro atoms. The summed E-state index contributed by atoms with van der Waals surface area (Å²) in [5, 5.41) is 9.65. The van der Waals surface area contributed by atoms with Crippen molar-refractivity contribution >= 4 is 22.9 Å². The minimum Gasteiger partial charge on any atom is -0.377 e. The number of hydrogen-bond donors (Lipinski definition) is 0. The van der Waals surface area contributed by atoms with Crippen molar-refractivity contribution < 1.29 is 9.47 Å². The molecule has 0 aromatic carbocycles. The number of ether oxygens (including phenoxy) is 2. The van der Waals surface area contributed by atoms with Gasteiger partial charge in [0.2, 0.25) is 0 Å². The maximum atomic E-state index is 6.37. The van der Waals surface area contributed by atoms with Crippen molar-refractivity contribution in [2.45, 2.75) is 38.5 Å². The largest absolute Gasteiger partial charge is 0.377 e. The van der Waals surface area contributed by atoms with Gasteiger partial charge in [0.1, 0.15) is 17.6 Å². The average molecular weight is 403 g/mol. The average Bonchev–Trinajstić information content (AvgIpc) is 3.35. The van der Waals surface area contributed by atoms with Crippen LogP contribution in [0.25, 0.3) is 17.0 Å². The molecule has 2 fully saturated rings. The van der Waals surface area contributed by atoms with Gasteiger partial charge in [0, 0.05) is 31.5 Å². The number of halogens is 1. The Bertz CT molecular complexity index is 980. The summed E-state index contributed by atoms with van der Waals surface area (Å²) in [6, 6.07) is 4.10. The van der Waals surface area contributed by atoms with E-state index in [0.717, 1.165) is 55.1 Å². The third-order valence-electron chi connectivity index (χ3n) is 5.42. The standard InChI is InChI=1S/C19H23ClN6O2/c1-13-12-27-9-7-24(13)15-10-17(20)23-26-16(11-21-19(15)26)14-5-6-25(22-14)18-4-2-3-8-28-18/h5-6,10-11,13,18H,2-4,7-9,12H2,1H3/t13-,18?/m1/s1. The van der Waals surface area contributed by atoms with Gasteiger partial charge in [0.25, 0.3) is 0 Å². The van der Waals surface area contributed by atoms with Crippen molar-refractivity contribution in [2.24, 2.45) is 0 Å². The van der Waals surface area contributed by atoms with Crippen LogP contribution in [0, 0.1) is 0 Å². The summed E-state index contributed by atoms with van der Waals surface area (Å²) in [6.07, 6.45) is 7.03. The molecular weight excluding hydrogens is 380 g/mol. The van der Waals surface area contributed by atoms with E-state index in [2.05, 4.69) is 21.9 Å². The third kappa shape index (κ3) is 3.15. The Balaban J connectivity index is 1.54. The minimum absolute atomic E-state index is 0.00277. The lowest BCUT2D eigenvalue weighted by Crippen LogP contribution is -2.44. The second-order valence-electron chi connectivity index (χ2n) is 7.35. The highest BCUT2D eigenvalue weighted by atomic mass is 35.5. The highest BCUT2D eigenvalue weighted by molar-refractivity contribution is 6.29. The third-order valence-corrected chi connectivity index (χ3v) is 5.60. The van der Waals surface area contributed by atoms with Gasteiger partial charge in [-0.2, -0.15) is 10.2 Å². The van der Waals surface area contributed by atoms with E-state index in [1.807, 2.05) is 29.2 Å². The zero-order valence-electron chi connectivity index (χ0n) is 15.8. The summed E-state index contributed by atoms with van der Waals surface area (Å²) in [5.74, 6) is 0. The van der Waals surface area contributed by atoms with E-state index >= 15 is 0 Å². The van der Waals surface area contributed by atoms with Crippen LogP contribution in [-0.2, 0) is 9.47 Å². The zero-order valence-corrected chi connectivity index (χ0v) is 16.5. The van der Waals surface area contributed by atoms with Crippen LogP contribution in [0.15, 0.2) is 24.5 Å². The molecule has 28 heavy (non-hydrogen) atoms.